The second kappa shape index (κ2) is 9.21. The van der Waals surface area contributed by atoms with Crippen LogP contribution in [0.5, 0.6) is 0 Å². The van der Waals surface area contributed by atoms with E-state index in [9.17, 15) is 9.59 Å². The Labute approximate surface area is 185 Å². The fourth-order valence-corrected chi connectivity index (χ4v) is 5.22. The van der Waals surface area contributed by atoms with Crippen LogP contribution in [0.3, 0.4) is 0 Å². The Morgan fingerprint density at radius 3 is 2.61 bits per heavy atom. The molecule has 2 aromatic rings. The zero-order chi connectivity index (χ0) is 22.6. The normalized spacial score (nSPS) is 24.1. The molecule has 166 valence electrons. The molecule has 0 saturated heterocycles. The summed E-state index contributed by atoms with van der Waals surface area (Å²) in [5.74, 6) is -0.278. The van der Waals surface area contributed by atoms with Crippen LogP contribution in [0, 0.1) is 12.3 Å². The molecule has 5 nitrogen and oxygen atoms in total. The van der Waals surface area contributed by atoms with Crippen LogP contribution in [0.25, 0.3) is 11.8 Å². The summed E-state index contributed by atoms with van der Waals surface area (Å²) in [5.41, 5.74) is 4.84. The molecule has 1 fully saturated rings. The Kier molecular flexibility index (Phi) is 6.83. The molecule has 0 spiro atoms. The van der Waals surface area contributed by atoms with Crippen molar-refractivity contribution in [2.45, 2.75) is 78.7 Å². The Balaban J connectivity index is 0.00000132. The second-order valence-electron chi connectivity index (χ2n) is 8.63. The van der Waals surface area contributed by atoms with E-state index >= 15 is 0 Å². The van der Waals surface area contributed by atoms with Gasteiger partial charge in [-0.2, -0.15) is 5.10 Å². The van der Waals surface area contributed by atoms with Gasteiger partial charge in [0.25, 0.3) is 0 Å². The molecule has 2 unspecified atom stereocenters. The summed E-state index contributed by atoms with van der Waals surface area (Å²) in [6.45, 7) is 9.73. The third-order valence-electron chi connectivity index (χ3n) is 6.77. The van der Waals surface area contributed by atoms with E-state index in [0.717, 1.165) is 48.9 Å². The minimum Gasteiger partial charge on any atom is -0.458 e. The molecular weight excluding hydrogens is 388 g/mol. The molecule has 0 bridgehead atoms. The third kappa shape index (κ3) is 4.10. The lowest BCUT2D eigenvalue weighted by molar-refractivity contribution is -0.177. The lowest BCUT2D eigenvalue weighted by Gasteiger charge is -2.53. The van der Waals surface area contributed by atoms with Crippen LogP contribution in [-0.4, -0.2) is 27.6 Å². The predicted molar refractivity (Wildman–Crippen MR) is 123 cm³/mol. The van der Waals surface area contributed by atoms with Crippen LogP contribution in [0.2, 0.25) is 0 Å². The number of aryl methyl sites for hydroxylation is 1. The molecule has 2 aliphatic carbocycles. The van der Waals surface area contributed by atoms with Crippen molar-refractivity contribution in [2.75, 3.05) is 0 Å². The van der Waals surface area contributed by atoms with Gasteiger partial charge in [-0.25, -0.2) is 4.68 Å². The second-order valence-corrected chi connectivity index (χ2v) is 8.63. The number of aromatic nitrogens is 2. The molecule has 0 radical (unpaired) electrons. The molecule has 0 amide bonds. The van der Waals surface area contributed by atoms with E-state index in [1.54, 1.807) is 0 Å². The lowest BCUT2D eigenvalue weighted by Crippen LogP contribution is -2.55. The zero-order valence-corrected chi connectivity index (χ0v) is 19.4. The average molecular weight is 423 g/mol. The van der Waals surface area contributed by atoms with Gasteiger partial charge in [0.15, 0.2) is 0 Å². The number of nitrogens with zero attached hydrogens (tertiary/aromatic N) is 2. The first-order valence-corrected chi connectivity index (χ1v) is 11.4. The highest BCUT2D eigenvalue weighted by molar-refractivity contribution is 5.68. The Hall–Kier alpha value is -2.69. The standard InChI is InChI=1S/C24H28N2O3.C2H6/c1-17-7-9-21(10-8-17)26-22-14-20-6-4-11-24(12-5-13-27,29-18(2)28)23(20,3)15-19(22)16-25-26;1-2/h7-10,13-14,16H,4-6,11-12,15H2,1-3H3;1-2H3. The molecule has 1 aromatic heterocycles. The molecule has 2 aliphatic rings. The molecule has 5 heteroatoms. The first-order chi connectivity index (χ1) is 14.9. The van der Waals surface area contributed by atoms with Crippen molar-refractivity contribution in [3.05, 3.63) is 52.9 Å². The minimum atomic E-state index is -0.645. The summed E-state index contributed by atoms with van der Waals surface area (Å²) in [5, 5.41) is 4.67. The van der Waals surface area contributed by atoms with Crippen molar-refractivity contribution < 1.29 is 14.3 Å². The van der Waals surface area contributed by atoms with Crippen LogP contribution >= 0.6 is 0 Å². The first-order valence-electron chi connectivity index (χ1n) is 11.4. The number of carbonyl (C=O) groups is 2. The number of benzene rings is 1. The van der Waals surface area contributed by atoms with Gasteiger partial charge in [0.2, 0.25) is 0 Å². The van der Waals surface area contributed by atoms with Gasteiger partial charge in [-0.05, 0) is 62.8 Å². The van der Waals surface area contributed by atoms with Gasteiger partial charge in [0.1, 0.15) is 11.9 Å². The number of carbonyl (C=O) groups excluding carboxylic acids is 2. The monoisotopic (exact) mass is 422 g/mol. The van der Waals surface area contributed by atoms with Crippen molar-refractivity contribution in [3.8, 4) is 5.69 Å². The maximum atomic E-state index is 12.0. The molecular formula is C26H34N2O3. The van der Waals surface area contributed by atoms with Gasteiger partial charge in [-0.3, -0.25) is 4.79 Å². The highest BCUT2D eigenvalue weighted by Crippen LogP contribution is 2.56. The Morgan fingerprint density at radius 2 is 1.97 bits per heavy atom. The number of fused-ring (bicyclic) bond motifs is 2. The predicted octanol–water partition coefficient (Wildman–Crippen LogP) is 5.62. The molecule has 2 atom stereocenters. The van der Waals surface area contributed by atoms with Crippen molar-refractivity contribution in [1.29, 1.82) is 0 Å². The Bertz CT molecular complexity index is 973. The van der Waals surface area contributed by atoms with E-state index in [2.05, 4.69) is 49.3 Å². The van der Waals surface area contributed by atoms with Gasteiger partial charge in [0.05, 0.1) is 17.6 Å². The smallest absolute Gasteiger partial charge is 0.303 e. The van der Waals surface area contributed by atoms with Crippen molar-refractivity contribution in [1.82, 2.24) is 9.78 Å². The van der Waals surface area contributed by atoms with E-state index < -0.39 is 5.60 Å². The van der Waals surface area contributed by atoms with Crippen LogP contribution < -0.4 is 0 Å². The lowest BCUT2D eigenvalue weighted by atomic mass is 9.56. The number of hydrogen-bond acceptors (Lipinski definition) is 4. The molecule has 31 heavy (non-hydrogen) atoms. The molecule has 4 rings (SSSR count). The maximum absolute atomic E-state index is 12.0. The van der Waals surface area contributed by atoms with Crippen LogP contribution in [0.15, 0.2) is 36.0 Å². The Morgan fingerprint density at radius 1 is 1.26 bits per heavy atom. The molecule has 1 saturated carbocycles. The zero-order valence-electron chi connectivity index (χ0n) is 19.4. The van der Waals surface area contributed by atoms with E-state index in [-0.39, 0.29) is 11.4 Å². The minimum absolute atomic E-state index is 0.278. The molecule has 1 heterocycles. The van der Waals surface area contributed by atoms with E-state index in [0.29, 0.717) is 12.8 Å². The number of esters is 1. The summed E-state index contributed by atoms with van der Waals surface area (Å²) in [7, 11) is 0. The summed E-state index contributed by atoms with van der Waals surface area (Å²) in [6.07, 6.45) is 9.51. The molecule has 1 aromatic carbocycles. The first kappa shape index (κ1) is 23.0. The van der Waals surface area contributed by atoms with Crippen molar-refractivity contribution in [3.63, 3.8) is 0 Å². The summed E-state index contributed by atoms with van der Waals surface area (Å²) in [4.78, 5) is 23.2. The molecule has 0 aliphatic heterocycles. The molecule has 0 N–H and O–H groups in total. The van der Waals surface area contributed by atoms with Crippen LogP contribution in [0.4, 0.5) is 0 Å². The average Bonchev–Trinajstić information content (AvgIpc) is 3.15. The van der Waals surface area contributed by atoms with Crippen molar-refractivity contribution in [2.24, 2.45) is 5.41 Å². The van der Waals surface area contributed by atoms with Gasteiger partial charge < -0.3 is 9.53 Å². The van der Waals surface area contributed by atoms with Crippen LogP contribution in [-0.2, 0) is 20.7 Å². The van der Waals surface area contributed by atoms with Gasteiger partial charge in [-0.1, -0.05) is 44.0 Å². The van der Waals surface area contributed by atoms with Crippen molar-refractivity contribution >= 4 is 18.3 Å². The number of hydrogen-bond donors (Lipinski definition) is 0. The fraction of sp³-hybridized carbons (Fsp3) is 0.500. The summed E-state index contributed by atoms with van der Waals surface area (Å²) < 4.78 is 8.00. The summed E-state index contributed by atoms with van der Waals surface area (Å²) >= 11 is 0. The third-order valence-corrected chi connectivity index (χ3v) is 6.77. The van der Waals surface area contributed by atoms with E-state index in [1.807, 2.05) is 24.7 Å². The maximum Gasteiger partial charge on any atom is 0.303 e. The van der Waals surface area contributed by atoms with E-state index in [1.165, 1.54) is 18.1 Å². The van der Waals surface area contributed by atoms with Gasteiger partial charge in [-0.15, -0.1) is 0 Å². The number of aldehydes is 1. The van der Waals surface area contributed by atoms with Gasteiger partial charge >= 0.3 is 5.97 Å². The number of rotatable bonds is 5. The van der Waals surface area contributed by atoms with Crippen LogP contribution in [0.1, 0.15) is 76.6 Å². The quantitative estimate of drug-likeness (QED) is 0.464. The summed E-state index contributed by atoms with van der Waals surface area (Å²) in [6, 6.07) is 8.36. The van der Waals surface area contributed by atoms with E-state index in [4.69, 9.17) is 4.74 Å². The SMILES string of the molecule is CC.CC(=O)OC1(CCC=O)CCCC2=Cc3c(cnn3-c3ccc(C)cc3)CC21C. The fourth-order valence-electron chi connectivity index (χ4n) is 5.22. The topological polar surface area (TPSA) is 61.2 Å². The highest BCUT2D eigenvalue weighted by atomic mass is 16.6. The number of ether oxygens (including phenoxy) is 1. The highest BCUT2D eigenvalue weighted by Gasteiger charge is 2.55. The van der Waals surface area contributed by atoms with Gasteiger partial charge in [0, 0.05) is 18.8 Å². The largest absolute Gasteiger partial charge is 0.458 e.